The standard InChI is InChI=1S/C8H18O.C3H6O3/c1-8(2)6-4-3-5-7-9;1-2(4)3(5)6/h8-9H,3-7H2,1-2H3;2,4H,1H3,(H,5,6). The first-order valence-electron chi connectivity index (χ1n) is 5.43. The van der Waals surface area contributed by atoms with Crippen LogP contribution in [0.3, 0.4) is 0 Å². The predicted molar refractivity (Wildman–Crippen MR) is 59.7 cm³/mol. The Bertz CT molecular complexity index is 144. The van der Waals surface area contributed by atoms with E-state index < -0.39 is 12.1 Å². The van der Waals surface area contributed by atoms with E-state index in [0.29, 0.717) is 6.61 Å². The zero-order chi connectivity index (χ0) is 12.3. The third-order valence-corrected chi connectivity index (χ3v) is 1.80. The normalized spacial score (nSPS) is 11.9. The molecule has 0 aliphatic heterocycles. The Morgan fingerprint density at radius 1 is 1.13 bits per heavy atom. The highest BCUT2D eigenvalue weighted by atomic mass is 16.4. The van der Waals surface area contributed by atoms with Crippen molar-refractivity contribution >= 4 is 5.97 Å². The highest BCUT2D eigenvalue weighted by Crippen LogP contribution is 2.06. The summed E-state index contributed by atoms with van der Waals surface area (Å²) in [6, 6.07) is 0. The Morgan fingerprint density at radius 3 is 1.87 bits per heavy atom. The molecule has 0 radical (unpaired) electrons. The Balaban J connectivity index is 0. The van der Waals surface area contributed by atoms with Gasteiger partial charge in [-0.25, -0.2) is 4.79 Å². The number of carboxylic acid groups (broad SMARTS) is 1. The summed E-state index contributed by atoms with van der Waals surface area (Å²) in [5.74, 6) is -0.362. The number of aliphatic hydroxyl groups is 2. The monoisotopic (exact) mass is 220 g/mol. The van der Waals surface area contributed by atoms with Gasteiger partial charge in [0, 0.05) is 6.61 Å². The third-order valence-electron chi connectivity index (χ3n) is 1.80. The number of unbranched alkanes of at least 4 members (excludes halogenated alkanes) is 2. The summed E-state index contributed by atoms with van der Waals surface area (Å²) in [6.45, 7) is 6.03. The summed E-state index contributed by atoms with van der Waals surface area (Å²) in [5.41, 5.74) is 0. The number of rotatable bonds is 6. The lowest BCUT2D eigenvalue weighted by Crippen LogP contribution is -2.13. The fraction of sp³-hybridized carbons (Fsp3) is 0.909. The molecule has 4 nitrogen and oxygen atoms in total. The molecule has 0 amide bonds. The fourth-order valence-corrected chi connectivity index (χ4v) is 0.841. The molecule has 0 spiro atoms. The van der Waals surface area contributed by atoms with Crippen LogP contribution in [0.5, 0.6) is 0 Å². The van der Waals surface area contributed by atoms with E-state index in [0.717, 1.165) is 12.3 Å². The molecule has 4 heteroatoms. The van der Waals surface area contributed by atoms with Gasteiger partial charge in [-0.3, -0.25) is 0 Å². The molecule has 0 rings (SSSR count). The van der Waals surface area contributed by atoms with Crippen molar-refractivity contribution in [3.63, 3.8) is 0 Å². The van der Waals surface area contributed by atoms with E-state index in [9.17, 15) is 4.79 Å². The van der Waals surface area contributed by atoms with Crippen molar-refractivity contribution < 1.29 is 20.1 Å². The number of carboxylic acids is 1. The van der Waals surface area contributed by atoms with E-state index in [1.807, 2.05) is 0 Å². The molecule has 0 aromatic carbocycles. The lowest BCUT2D eigenvalue weighted by Gasteiger charge is -2.01. The summed E-state index contributed by atoms with van der Waals surface area (Å²) in [4.78, 5) is 9.45. The first kappa shape index (κ1) is 16.8. The molecule has 15 heavy (non-hydrogen) atoms. The lowest BCUT2D eigenvalue weighted by atomic mass is 10.1. The molecule has 0 heterocycles. The largest absolute Gasteiger partial charge is 0.479 e. The van der Waals surface area contributed by atoms with Crippen LogP contribution in [-0.2, 0) is 4.79 Å². The molecular weight excluding hydrogens is 196 g/mol. The van der Waals surface area contributed by atoms with Crippen molar-refractivity contribution in [2.24, 2.45) is 5.92 Å². The third kappa shape index (κ3) is 19.7. The number of hydrogen-bond acceptors (Lipinski definition) is 3. The van der Waals surface area contributed by atoms with E-state index in [1.165, 1.54) is 26.2 Å². The second kappa shape index (κ2) is 11.5. The van der Waals surface area contributed by atoms with Gasteiger partial charge in [0.2, 0.25) is 0 Å². The highest BCUT2D eigenvalue weighted by Gasteiger charge is 2.01. The van der Waals surface area contributed by atoms with Gasteiger partial charge in [-0.2, -0.15) is 0 Å². The maximum absolute atomic E-state index is 9.45. The number of carbonyl (C=O) groups is 1. The zero-order valence-corrected chi connectivity index (χ0v) is 9.94. The first-order valence-corrected chi connectivity index (χ1v) is 5.43. The number of hydrogen-bond donors (Lipinski definition) is 3. The van der Waals surface area contributed by atoms with Gasteiger partial charge in [0.15, 0.2) is 0 Å². The molecule has 0 fully saturated rings. The Kier molecular flexibility index (Phi) is 12.8. The van der Waals surface area contributed by atoms with Crippen LogP contribution >= 0.6 is 0 Å². The van der Waals surface area contributed by atoms with Gasteiger partial charge < -0.3 is 15.3 Å². The molecule has 0 aromatic rings. The minimum absolute atomic E-state index is 0.359. The van der Waals surface area contributed by atoms with Crippen molar-refractivity contribution in [3.8, 4) is 0 Å². The van der Waals surface area contributed by atoms with E-state index in [4.69, 9.17) is 15.3 Å². The van der Waals surface area contributed by atoms with Gasteiger partial charge in [-0.1, -0.05) is 33.1 Å². The molecule has 0 aromatic heterocycles. The van der Waals surface area contributed by atoms with Crippen LogP contribution in [0.15, 0.2) is 0 Å². The fourth-order valence-electron chi connectivity index (χ4n) is 0.841. The van der Waals surface area contributed by atoms with Gasteiger partial charge in [0.25, 0.3) is 0 Å². The van der Waals surface area contributed by atoms with Crippen molar-refractivity contribution in [2.45, 2.75) is 52.6 Å². The molecule has 0 bridgehead atoms. The Hall–Kier alpha value is -0.610. The molecule has 1 atom stereocenters. The minimum atomic E-state index is -1.23. The second-order valence-electron chi connectivity index (χ2n) is 3.98. The lowest BCUT2D eigenvalue weighted by molar-refractivity contribution is -0.145. The SMILES string of the molecule is CC(C)CCCCCO.CC(O)C(=O)O. The van der Waals surface area contributed by atoms with Crippen LogP contribution in [0.4, 0.5) is 0 Å². The summed E-state index contributed by atoms with van der Waals surface area (Å²) < 4.78 is 0. The van der Waals surface area contributed by atoms with Crippen LogP contribution in [0.2, 0.25) is 0 Å². The van der Waals surface area contributed by atoms with Crippen LogP contribution < -0.4 is 0 Å². The summed E-state index contributed by atoms with van der Waals surface area (Å²) in [7, 11) is 0. The molecule has 0 saturated carbocycles. The number of aliphatic carboxylic acids is 1. The molecule has 0 aliphatic carbocycles. The first-order chi connectivity index (χ1) is 6.91. The topological polar surface area (TPSA) is 77.8 Å². The highest BCUT2D eigenvalue weighted by molar-refractivity contribution is 5.71. The summed E-state index contributed by atoms with van der Waals surface area (Å²) in [5, 5.41) is 24.2. The van der Waals surface area contributed by atoms with Crippen LogP contribution in [-0.4, -0.2) is 34.0 Å². The van der Waals surface area contributed by atoms with Gasteiger partial charge in [0.05, 0.1) is 0 Å². The molecule has 0 saturated heterocycles. The molecule has 92 valence electrons. The second-order valence-corrected chi connectivity index (χ2v) is 3.98. The maximum atomic E-state index is 9.45. The van der Waals surface area contributed by atoms with E-state index >= 15 is 0 Å². The van der Waals surface area contributed by atoms with Gasteiger partial charge in [0.1, 0.15) is 6.10 Å². The summed E-state index contributed by atoms with van der Waals surface area (Å²) in [6.07, 6.45) is 3.52. The molecule has 0 aliphatic rings. The molecule has 3 N–H and O–H groups in total. The van der Waals surface area contributed by atoms with Crippen molar-refractivity contribution in [3.05, 3.63) is 0 Å². The zero-order valence-electron chi connectivity index (χ0n) is 9.94. The van der Waals surface area contributed by atoms with Crippen LogP contribution in [0.25, 0.3) is 0 Å². The molecule has 1 unspecified atom stereocenters. The Morgan fingerprint density at radius 2 is 1.60 bits per heavy atom. The average Bonchev–Trinajstić information content (AvgIpc) is 2.13. The quantitative estimate of drug-likeness (QED) is 0.595. The predicted octanol–water partition coefficient (Wildman–Crippen LogP) is 1.65. The van der Waals surface area contributed by atoms with Crippen molar-refractivity contribution in [1.82, 2.24) is 0 Å². The van der Waals surface area contributed by atoms with Crippen LogP contribution in [0.1, 0.15) is 46.5 Å². The average molecular weight is 220 g/mol. The smallest absolute Gasteiger partial charge is 0.332 e. The molecular formula is C11H24O4. The van der Waals surface area contributed by atoms with Crippen molar-refractivity contribution in [1.29, 1.82) is 0 Å². The van der Waals surface area contributed by atoms with Gasteiger partial charge in [-0.15, -0.1) is 0 Å². The van der Waals surface area contributed by atoms with Crippen molar-refractivity contribution in [2.75, 3.05) is 6.61 Å². The van der Waals surface area contributed by atoms with Crippen LogP contribution in [0, 0.1) is 5.92 Å². The number of aliphatic hydroxyl groups excluding tert-OH is 2. The van der Waals surface area contributed by atoms with Gasteiger partial charge >= 0.3 is 5.97 Å². The Labute approximate surface area is 91.9 Å². The van der Waals surface area contributed by atoms with E-state index in [1.54, 1.807) is 0 Å². The summed E-state index contributed by atoms with van der Waals surface area (Å²) >= 11 is 0. The maximum Gasteiger partial charge on any atom is 0.332 e. The van der Waals surface area contributed by atoms with E-state index in [2.05, 4.69) is 13.8 Å². The van der Waals surface area contributed by atoms with Gasteiger partial charge in [-0.05, 0) is 19.3 Å². The minimum Gasteiger partial charge on any atom is -0.479 e. The van der Waals surface area contributed by atoms with E-state index in [-0.39, 0.29) is 0 Å².